The summed E-state index contributed by atoms with van der Waals surface area (Å²) in [5, 5.41) is 2.51. The Bertz CT molecular complexity index is 764. The molecular weight excluding hydrogens is 451 g/mol. The van der Waals surface area contributed by atoms with Gasteiger partial charge in [-0.25, -0.2) is 0 Å². The SMILES string of the molecule is CCC(=O)NC(Oc1ccc(C=C2SC(=S)N(CC)C2=O)cc1)C(Cl)(Cl)Cl. The van der Waals surface area contributed by atoms with Crippen LogP contribution in [-0.4, -0.2) is 37.6 Å². The zero-order chi connectivity index (χ0) is 20.2. The Morgan fingerprint density at radius 2 is 1.96 bits per heavy atom. The van der Waals surface area contributed by atoms with Crippen molar-refractivity contribution in [1.82, 2.24) is 10.2 Å². The molecule has 0 aliphatic carbocycles. The van der Waals surface area contributed by atoms with Crippen LogP contribution in [0.25, 0.3) is 6.08 Å². The van der Waals surface area contributed by atoms with Crippen molar-refractivity contribution in [3.05, 3.63) is 34.7 Å². The molecule has 1 atom stereocenters. The number of carbonyl (C=O) groups excluding carboxylic acids is 2. The smallest absolute Gasteiger partial charge is 0.266 e. The van der Waals surface area contributed by atoms with Gasteiger partial charge in [-0.05, 0) is 30.7 Å². The highest BCUT2D eigenvalue weighted by atomic mass is 35.6. The zero-order valence-corrected chi connectivity index (χ0v) is 18.4. The predicted molar refractivity (Wildman–Crippen MR) is 115 cm³/mol. The first-order valence-electron chi connectivity index (χ1n) is 8.03. The molecule has 1 fully saturated rings. The van der Waals surface area contributed by atoms with Crippen molar-refractivity contribution in [2.75, 3.05) is 6.54 Å². The summed E-state index contributed by atoms with van der Waals surface area (Å²) in [6, 6.07) is 6.83. The number of carbonyl (C=O) groups is 2. The minimum Gasteiger partial charge on any atom is -0.466 e. The van der Waals surface area contributed by atoms with Gasteiger partial charge in [0.1, 0.15) is 10.1 Å². The number of rotatable bonds is 6. The highest BCUT2D eigenvalue weighted by Gasteiger charge is 2.36. The Hall–Kier alpha value is -0.990. The van der Waals surface area contributed by atoms with Crippen LogP contribution in [0, 0.1) is 0 Å². The third-order valence-corrected chi connectivity index (χ3v) is 5.50. The fourth-order valence-corrected chi connectivity index (χ4v) is 3.81. The number of thioether (sulfide) groups is 1. The molecule has 1 heterocycles. The Morgan fingerprint density at radius 1 is 1.33 bits per heavy atom. The van der Waals surface area contributed by atoms with Gasteiger partial charge in [0.2, 0.25) is 15.9 Å². The topological polar surface area (TPSA) is 58.6 Å². The van der Waals surface area contributed by atoms with E-state index in [9.17, 15) is 9.59 Å². The van der Waals surface area contributed by atoms with Crippen molar-refractivity contribution in [2.24, 2.45) is 0 Å². The summed E-state index contributed by atoms with van der Waals surface area (Å²) in [5.41, 5.74) is 0.794. The average Bonchev–Trinajstić information content (AvgIpc) is 2.87. The van der Waals surface area contributed by atoms with Crippen LogP contribution in [0.15, 0.2) is 29.2 Å². The number of nitrogens with zero attached hydrogens (tertiary/aromatic N) is 1. The molecule has 0 spiro atoms. The van der Waals surface area contributed by atoms with E-state index in [1.165, 1.54) is 11.8 Å². The van der Waals surface area contributed by atoms with Crippen molar-refractivity contribution in [1.29, 1.82) is 0 Å². The molecule has 2 amide bonds. The molecule has 0 bridgehead atoms. The number of halogens is 3. The first-order valence-corrected chi connectivity index (χ1v) is 10.4. The van der Waals surface area contributed by atoms with Crippen LogP contribution in [0.2, 0.25) is 0 Å². The van der Waals surface area contributed by atoms with Crippen LogP contribution < -0.4 is 10.1 Å². The molecule has 2 rings (SSSR count). The second kappa shape index (κ2) is 9.47. The first-order chi connectivity index (χ1) is 12.7. The molecule has 146 valence electrons. The molecule has 0 aromatic heterocycles. The quantitative estimate of drug-likeness (QED) is 0.289. The van der Waals surface area contributed by atoms with Crippen LogP contribution in [0.1, 0.15) is 25.8 Å². The van der Waals surface area contributed by atoms with Crippen molar-refractivity contribution >= 4 is 81.0 Å². The van der Waals surface area contributed by atoms with Crippen LogP contribution in [0.5, 0.6) is 5.75 Å². The number of likely N-dealkylation sites (N-methyl/N-ethyl adjacent to an activating group) is 1. The Labute approximate surface area is 182 Å². The number of thiocarbonyl (C=S) groups is 1. The summed E-state index contributed by atoms with van der Waals surface area (Å²) in [4.78, 5) is 25.9. The lowest BCUT2D eigenvalue weighted by Crippen LogP contribution is -2.47. The Kier molecular flexibility index (Phi) is 7.83. The van der Waals surface area contributed by atoms with Gasteiger partial charge in [0.15, 0.2) is 0 Å². The van der Waals surface area contributed by atoms with Crippen molar-refractivity contribution < 1.29 is 14.3 Å². The molecule has 1 N–H and O–H groups in total. The molecule has 1 aromatic carbocycles. The van der Waals surface area contributed by atoms with E-state index in [0.717, 1.165) is 5.56 Å². The number of hydrogen-bond donors (Lipinski definition) is 1. The van der Waals surface area contributed by atoms with Gasteiger partial charge in [-0.15, -0.1) is 0 Å². The maximum Gasteiger partial charge on any atom is 0.266 e. The lowest BCUT2D eigenvalue weighted by molar-refractivity contribution is -0.123. The number of amides is 2. The van der Waals surface area contributed by atoms with Gasteiger partial charge in [0.25, 0.3) is 5.91 Å². The summed E-state index contributed by atoms with van der Waals surface area (Å²) in [6.07, 6.45) is 0.848. The number of nitrogens with one attached hydrogen (secondary N) is 1. The third-order valence-electron chi connectivity index (χ3n) is 3.53. The number of ether oxygens (including phenoxy) is 1. The summed E-state index contributed by atoms with van der Waals surface area (Å²) < 4.78 is 4.31. The molecule has 1 aromatic rings. The summed E-state index contributed by atoms with van der Waals surface area (Å²) >= 11 is 24.1. The van der Waals surface area contributed by atoms with Crippen LogP contribution in [0.3, 0.4) is 0 Å². The maximum atomic E-state index is 12.2. The predicted octanol–water partition coefficient (Wildman–Crippen LogP) is 4.51. The highest BCUT2D eigenvalue weighted by molar-refractivity contribution is 8.26. The number of benzene rings is 1. The summed E-state index contributed by atoms with van der Waals surface area (Å²) in [7, 11) is 0. The minimum absolute atomic E-state index is 0.105. The minimum atomic E-state index is -1.84. The van der Waals surface area contributed by atoms with Crippen LogP contribution in [-0.2, 0) is 9.59 Å². The largest absolute Gasteiger partial charge is 0.466 e. The number of alkyl halides is 3. The summed E-state index contributed by atoms with van der Waals surface area (Å²) in [5.74, 6) is -0.00625. The molecule has 5 nitrogen and oxygen atoms in total. The molecule has 1 aliphatic heterocycles. The first kappa shape index (κ1) is 22.3. The van der Waals surface area contributed by atoms with Crippen LogP contribution >= 0.6 is 58.8 Å². The van der Waals surface area contributed by atoms with E-state index in [4.69, 9.17) is 51.8 Å². The molecule has 0 radical (unpaired) electrons. The van der Waals surface area contributed by atoms with Gasteiger partial charge in [0.05, 0.1) is 4.91 Å². The fraction of sp³-hybridized carbons (Fsp3) is 0.353. The van der Waals surface area contributed by atoms with E-state index in [1.807, 2.05) is 6.92 Å². The lowest BCUT2D eigenvalue weighted by Gasteiger charge is -2.26. The monoisotopic (exact) mass is 466 g/mol. The van der Waals surface area contributed by atoms with Gasteiger partial charge in [-0.3, -0.25) is 14.5 Å². The molecular formula is C17H17Cl3N2O3S2. The maximum absolute atomic E-state index is 12.2. The Balaban J connectivity index is 2.12. The number of hydrogen-bond acceptors (Lipinski definition) is 5. The third kappa shape index (κ3) is 5.99. The standard InChI is InChI=1S/C17H17Cl3N2O3S2/c1-3-13(23)21-15(17(18,19)20)25-11-7-5-10(6-8-11)9-12-14(24)22(4-2)16(26)27-12/h5-9,15H,3-4H2,1-2H3,(H,21,23). The molecule has 1 saturated heterocycles. The molecule has 1 aliphatic rings. The van der Waals surface area contributed by atoms with E-state index < -0.39 is 10.0 Å². The van der Waals surface area contributed by atoms with Gasteiger partial charge in [0, 0.05) is 13.0 Å². The van der Waals surface area contributed by atoms with Gasteiger partial charge >= 0.3 is 0 Å². The highest BCUT2D eigenvalue weighted by Crippen LogP contribution is 2.34. The van der Waals surface area contributed by atoms with E-state index >= 15 is 0 Å². The van der Waals surface area contributed by atoms with Crippen LogP contribution in [0.4, 0.5) is 0 Å². The van der Waals surface area contributed by atoms with E-state index in [1.54, 1.807) is 42.2 Å². The second-order valence-electron chi connectivity index (χ2n) is 5.46. The van der Waals surface area contributed by atoms with Crippen molar-refractivity contribution in [3.8, 4) is 5.75 Å². The molecule has 1 unspecified atom stereocenters. The van der Waals surface area contributed by atoms with Gasteiger partial charge in [-0.2, -0.15) is 0 Å². The summed E-state index contributed by atoms with van der Waals surface area (Å²) in [6.45, 7) is 4.09. The Morgan fingerprint density at radius 3 is 2.44 bits per heavy atom. The second-order valence-corrected chi connectivity index (χ2v) is 9.50. The van der Waals surface area contributed by atoms with E-state index in [-0.39, 0.29) is 18.2 Å². The molecule has 10 heteroatoms. The van der Waals surface area contributed by atoms with E-state index in [2.05, 4.69) is 5.32 Å². The lowest BCUT2D eigenvalue weighted by atomic mass is 10.2. The van der Waals surface area contributed by atoms with Gasteiger partial charge in [-0.1, -0.05) is 77.8 Å². The normalized spacial score (nSPS) is 17.4. The van der Waals surface area contributed by atoms with Crippen molar-refractivity contribution in [3.63, 3.8) is 0 Å². The zero-order valence-electron chi connectivity index (χ0n) is 14.5. The van der Waals surface area contributed by atoms with E-state index in [0.29, 0.717) is 21.5 Å². The van der Waals surface area contributed by atoms with Crippen molar-refractivity contribution in [2.45, 2.75) is 30.3 Å². The molecule has 0 saturated carbocycles. The van der Waals surface area contributed by atoms with Gasteiger partial charge < -0.3 is 10.1 Å². The molecule has 27 heavy (non-hydrogen) atoms. The average molecular weight is 468 g/mol. The fourth-order valence-electron chi connectivity index (χ4n) is 2.13.